The van der Waals surface area contributed by atoms with Crippen molar-refractivity contribution in [3.63, 3.8) is 0 Å². The minimum Gasteiger partial charge on any atom is -0.478 e. The van der Waals surface area contributed by atoms with Crippen LogP contribution in [0, 0.1) is 5.92 Å². The molecule has 17 heavy (non-hydrogen) atoms. The first-order valence-corrected chi connectivity index (χ1v) is 6.89. The maximum absolute atomic E-state index is 11.0. The molecular weight excluding hydrogens is 238 g/mol. The summed E-state index contributed by atoms with van der Waals surface area (Å²) in [5, 5.41) is 16.2. The van der Waals surface area contributed by atoms with Gasteiger partial charge in [0.05, 0.1) is 11.9 Å². The lowest BCUT2D eigenvalue weighted by molar-refractivity contribution is 0.0695. The van der Waals surface area contributed by atoms with Crippen LogP contribution < -0.4 is 5.32 Å². The molecule has 0 aliphatic heterocycles. The van der Waals surface area contributed by atoms with Gasteiger partial charge in [0.2, 0.25) is 0 Å². The van der Waals surface area contributed by atoms with E-state index in [1.165, 1.54) is 6.20 Å². The summed E-state index contributed by atoms with van der Waals surface area (Å²) in [4.78, 5) is 11.0. The number of nitrogens with zero attached hydrogens (tertiary/aromatic N) is 2. The molecule has 0 amide bonds. The highest BCUT2D eigenvalue weighted by atomic mass is 32.2. The first-order chi connectivity index (χ1) is 8.06. The summed E-state index contributed by atoms with van der Waals surface area (Å²) >= 11 is 1.82. The van der Waals surface area contributed by atoms with Gasteiger partial charge in [-0.15, -0.1) is 0 Å². The van der Waals surface area contributed by atoms with E-state index in [1.54, 1.807) is 11.7 Å². The van der Waals surface area contributed by atoms with Crippen molar-refractivity contribution in [1.29, 1.82) is 0 Å². The third-order valence-corrected chi connectivity index (χ3v) is 3.43. The number of carbonyl (C=O) groups is 1. The highest BCUT2D eigenvalue weighted by Crippen LogP contribution is 2.08. The highest BCUT2D eigenvalue weighted by molar-refractivity contribution is 7.98. The minimum absolute atomic E-state index is 0.275. The van der Waals surface area contributed by atoms with E-state index in [0.29, 0.717) is 18.2 Å². The molecule has 0 saturated carbocycles. The predicted octanol–water partition coefficient (Wildman–Crippen LogP) is 1.21. The fourth-order valence-electron chi connectivity index (χ4n) is 1.63. The van der Waals surface area contributed by atoms with Crippen LogP contribution in [0.3, 0.4) is 0 Å². The van der Waals surface area contributed by atoms with Crippen LogP contribution >= 0.6 is 11.8 Å². The van der Waals surface area contributed by atoms with Gasteiger partial charge in [-0.3, -0.25) is 4.68 Å². The number of carboxylic acids is 1. The topological polar surface area (TPSA) is 67.2 Å². The number of aromatic carboxylic acids is 1. The van der Waals surface area contributed by atoms with E-state index >= 15 is 0 Å². The average Bonchev–Trinajstić information content (AvgIpc) is 2.61. The fraction of sp³-hybridized carbons (Fsp3) is 0.636. The van der Waals surface area contributed by atoms with Crippen molar-refractivity contribution < 1.29 is 9.90 Å². The second-order valence-corrected chi connectivity index (χ2v) is 5.04. The zero-order valence-electron chi connectivity index (χ0n) is 10.4. The molecule has 1 aromatic rings. The SMILES string of the molecule is CSCC(C)CNCc1c(C(=O)O)cnn1C. The third-order valence-electron chi connectivity index (χ3n) is 2.53. The summed E-state index contributed by atoms with van der Waals surface area (Å²) < 4.78 is 1.61. The molecule has 0 aliphatic rings. The van der Waals surface area contributed by atoms with E-state index in [1.807, 2.05) is 11.8 Å². The van der Waals surface area contributed by atoms with Gasteiger partial charge in [-0.2, -0.15) is 16.9 Å². The molecule has 0 aliphatic carbocycles. The molecule has 0 saturated heterocycles. The van der Waals surface area contributed by atoms with Crippen molar-refractivity contribution >= 4 is 17.7 Å². The third kappa shape index (κ3) is 4.05. The molecular formula is C11H19N3O2S. The van der Waals surface area contributed by atoms with Gasteiger partial charge in [-0.05, 0) is 24.5 Å². The molecule has 1 rings (SSSR count). The Morgan fingerprint density at radius 2 is 2.41 bits per heavy atom. The van der Waals surface area contributed by atoms with Crippen molar-refractivity contribution in [1.82, 2.24) is 15.1 Å². The Bertz CT molecular complexity index is 379. The van der Waals surface area contributed by atoms with Crippen molar-refractivity contribution in [3.05, 3.63) is 17.5 Å². The normalized spacial score (nSPS) is 12.6. The van der Waals surface area contributed by atoms with Crippen LogP contribution in [0.25, 0.3) is 0 Å². The smallest absolute Gasteiger partial charge is 0.339 e. The quantitative estimate of drug-likeness (QED) is 0.768. The van der Waals surface area contributed by atoms with Gasteiger partial charge in [-0.1, -0.05) is 6.92 Å². The van der Waals surface area contributed by atoms with E-state index in [2.05, 4.69) is 23.6 Å². The van der Waals surface area contributed by atoms with E-state index in [0.717, 1.165) is 12.3 Å². The summed E-state index contributed by atoms with van der Waals surface area (Å²) in [5.41, 5.74) is 0.992. The van der Waals surface area contributed by atoms with Gasteiger partial charge < -0.3 is 10.4 Å². The Labute approximate surface area is 106 Å². The van der Waals surface area contributed by atoms with Crippen LogP contribution in [-0.2, 0) is 13.6 Å². The maximum Gasteiger partial charge on any atom is 0.339 e. The molecule has 1 aromatic heterocycles. The lowest BCUT2D eigenvalue weighted by atomic mass is 10.2. The summed E-state index contributed by atoms with van der Waals surface area (Å²) in [6, 6.07) is 0. The van der Waals surface area contributed by atoms with Gasteiger partial charge >= 0.3 is 5.97 Å². The molecule has 1 unspecified atom stereocenters. The molecule has 6 heteroatoms. The zero-order chi connectivity index (χ0) is 12.8. The van der Waals surface area contributed by atoms with Gasteiger partial charge in [0.1, 0.15) is 5.56 Å². The van der Waals surface area contributed by atoms with Crippen molar-refractivity contribution in [3.8, 4) is 0 Å². The second-order valence-electron chi connectivity index (χ2n) is 4.13. The average molecular weight is 257 g/mol. The van der Waals surface area contributed by atoms with Crippen LogP contribution in [0.1, 0.15) is 23.0 Å². The molecule has 0 fully saturated rings. The molecule has 0 spiro atoms. The summed E-state index contributed by atoms with van der Waals surface area (Å²) in [6.45, 7) is 3.59. The standard InChI is InChI=1S/C11H19N3O2S/c1-8(7-17-3)4-12-6-10-9(11(15)16)5-13-14(10)2/h5,8,12H,4,6-7H2,1-3H3,(H,15,16). The number of thioether (sulfide) groups is 1. The van der Waals surface area contributed by atoms with Gasteiger partial charge in [-0.25, -0.2) is 4.79 Å². The number of hydrogen-bond donors (Lipinski definition) is 2. The van der Waals surface area contributed by atoms with Crippen LogP contribution in [0.5, 0.6) is 0 Å². The number of aromatic nitrogens is 2. The van der Waals surface area contributed by atoms with Gasteiger partial charge in [0.15, 0.2) is 0 Å². The fourth-order valence-corrected chi connectivity index (χ4v) is 2.32. The monoisotopic (exact) mass is 257 g/mol. The van der Waals surface area contributed by atoms with E-state index in [-0.39, 0.29) is 5.56 Å². The van der Waals surface area contributed by atoms with Crippen LogP contribution in [0.2, 0.25) is 0 Å². The minimum atomic E-state index is -0.924. The predicted molar refractivity (Wildman–Crippen MR) is 69.4 cm³/mol. The molecule has 2 N–H and O–H groups in total. The Balaban J connectivity index is 2.51. The molecule has 0 radical (unpaired) electrons. The molecule has 96 valence electrons. The Morgan fingerprint density at radius 1 is 1.71 bits per heavy atom. The summed E-state index contributed by atoms with van der Waals surface area (Å²) in [6.07, 6.45) is 3.48. The van der Waals surface area contributed by atoms with E-state index < -0.39 is 5.97 Å². The highest BCUT2D eigenvalue weighted by Gasteiger charge is 2.14. The molecule has 5 nitrogen and oxygen atoms in total. The number of aryl methyl sites for hydroxylation is 1. The van der Waals surface area contributed by atoms with Crippen molar-refractivity contribution in [2.75, 3.05) is 18.6 Å². The number of nitrogens with one attached hydrogen (secondary N) is 1. The molecule has 1 atom stereocenters. The van der Waals surface area contributed by atoms with Gasteiger partial charge in [0.25, 0.3) is 0 Å². The number of rotatable bonds is 7. The summed E-state index contributed by atoms with van der Waals surface area (Å²) in [5.74, 6) is 0.753. The largest absolute Gasteiger partial charge is 0.478 e. The molecule has 1 heterocycles. The van der Waals surface area contributed by atoms with E-state index in [4.69, 9.17) is 5.11 Å². The first-order valence-electron chi connectivity index (χ1n) is 5.50. The van der Waals surface area contributed by atoms with E-state index in [9.17, 15) is 4.79 Å². The Morgan fingerprint density at radius 3 is 3.00 bits per heavy atom. The van der Waals surface area contributed by atoms with Crippen molar-refractivity contribution in [2.45, 2.75) is 13.5 Å². The Kier molecular flexibility index (Phi) is 5.50. The first kappa shape index (κ1) is 14.1. The number of hydrogen-bond acceptors (Lipinski definition) is 4. The van der Waals surface area contributed by atoms with Crippen LogP contribution in [0.15, 0.2) is 6.20 Å². The lowest BCUT2D eigenvalue weighted by Crippen LogP contribution is -2.24. The molecule has 0 bridgehead atoms. The van der Waals surface area contributed by atoms with Crippen molar-refractivity contribution in [2.24, 2.45) is 13.0 Å². The maximum atomic E-state index is 11.0. The molecule has 0 aromatic carbocycles. The van der Waals surface area contributed by atoms with Crippen LogP contribution in [0.4, 0.5) is 0 Å². The lowest BCUT2D eigenvalue weighted by Gasteiger charge is -2.11. The summed E-state index contributed by atoms with van der Waals surface area (Å²) in [7, 11) is 1.76. The number of carboxylic acid groups (broad SMARTS) is 1. The van der Waals surface area contributed by atoms with Gasteiger partial charge in [0, 0.05) is 13.6 Å². The van der Waals surface area contributed by atoms with Crippen LogP contribution in [-0.4, -0.2) is 39.4 Å². The zero-order valence-corrected chi connectivity index (χ0v) is 11.3. The second kappa shape index (κ2) is 6.66. The Hall–Kier alpha value is -1.01.